The van der Waals surface area contributed by atoms with E-state index in [-0.39, 0.29) is 11.5 Å². The van der Waals surface area contributed by atoms with Crippen LogP contribution in [0.3, 0.4) is 0 Å². The van der Waals surface area contributed by atoms with Crippen molar-refractivity contribution >= 4 is 23.9 Å². The zero-order valence-electron chi connectivity index (χ0n) is 41.5. The minimum absolute atomic E-state index is 0.269. The Bertz CT molecular complexity index is 2940. The molecule has 7 aromatic rings. The molecule has 0 amide bonds. The van der Waals surface area contributed by atoms with E-state index in [1.165, 1.54) is 0 Å². The van der Waals surface area contributed by atoms with Crippen molar-refractivity contribution in [3.05, 3.63) is 185 Å². The summed E-state index contributed by atoms with van der Waals surface area (Å²) in [6.07, 6.45) is 1.49. The van der Waals surface area contributed by atoms with Gasteiger partial charge in [-0.15, -0.1) is 0 Å². The molecule has 0 bridgehead atoms. The molecular formula is C57H61O10P3+2. The Balaban J connectivity index is 1.03. The molecule has 0 heterocycles. The molecule has 0 saturated carbocycles. The van der Waals surface area contributed by atoms with E-state index in [1.54, 1.807) is 48.5 Å². The number of phosphoric ester groups is 1. The second kappa shape index (κ2) is 22.1. The number of aryl methyl sites for hydroxylation is 6. The summed E-state index contributed by atoms with van der Waals surface area (Å²) in [5.74, 6) is 3.29. The molecule has 0 N–H and O–H groups in total. The van der Waals surface area contributed by atoms with E-state index in [4.69, 9.17) is 32.1 Å². The van der Waals surface area contributed by atoms with Gasteiger partial charge in [-0.3, -0.25) is 9.05 Å². The lowest BCUT2D eigenvalue weighted by Gasteiger charge is -2.23. The van der Waals surface area contributed by atoms with Crippen LogP contribution in [0.5, 0.6) is 40.2 Å². The van der Waals surface area contributed by atoms with Crippen LogP contribution in [0.15, 0.2) is 152 Å². The molecular weight excluding hydrogens is 938 g/mol. The number of para-hydroxylation sites is 3. The Morgan fingerprint density at radius 2 is 0.714 bits per heavy atom. The molecule has 0 saturated heterocycles. The lowest BCUT2D eigenvalue weighted by molar-refractivity contribution is 0.133. The summed E-state index contributed by atoms with van der Waals surface area (Å²) >= 11 is 0. The van der Waals surface area contributed by atoms with Crippen molar-refractivity contribution in [1.29, 1.82) is 0 Å². The molecule has 4 unspecified atom stereocenters. The lowest BCUT2D eigenvalue weighted by Crippen LogP contribution is -2.32. The second-order valence-corrected chi connectivity index (χ2v) is 22.2. The first kappa shape index (κ1) is 51.4. The van der Waals surface area contributed by atoms with Crippen LogP contribution in [0.25, 0.3) is 22.3 Å². The van der Waals surface area contributed by atoms with Gasteiger partial charge in [-0.1, -0.05) is 124 Å². The maximum absolute atomic E-state index is 14.7. The van der Waals surface area contributed by atoms with Crippen molar-refractivity contribution in [1.82, 2.24) is 0 Å². The van der Waals surface area contributed by atoms with Gasteiger partial charge in [0.05, 0.1) is 0 Å². The first-order valence-electron chi connectivity index (χ1n) is 23.4. The van der Waals surface area contributed by atoms with Crippen LogP contribution in [-0.2, 0) is 13.7 Å². The molecule has 0 aromatic heterocycles. The molecule has 0 aliphatic heterocycles. The predicted molar refractivity (Wildman–Crippen MR) is 281 cm³/mol. The van der Waals surface area contributed by atoms with Crippen LogP contribution in [0.2, 0.25) is 0 Å². The summed E-state index contributed by atoms with van der Waals surface area (Å²) in [4.78, 5) is 0. The molecule has 70 heavy (non-hydrogen) atoms. The number of hydrogen-bond acceptors (Lipinski definition) is 10. The van der Waals surface area contributed by atoms with Crippen molar-refractivity contribution in [3.63, 3.8) is 0 Å². The standard InChI is InChI=1S/C57H61O10P3/c1-11-56(10,61-53-39(4)17-14-18-40(53)5)68(58)63-49-31-23-45(24-32-49)47-27-35-51(36-28-47)65-70(60,67-55-43(8)21-16-22-44(55)9)66-52-37-29-48(30-38-52)46-25-33-50(34-26-46)64-69(59)57(12-2,13-3)62-54-41(6)19-15-20-42(54)7/h14-38H,11-13H2,1-10H3/q+2. The third kappa shape index (κ3) is 11.9. The van der Waals surface area contributed by atoms with Gasteiger partial charge in [0, 0.05) is 26.2 Å². The predicted octanol–water partition coefficient (Wildman–Crippen LogP) is 17.6. The molecule has 0 spiro atoms. The minimum atomic E-state index is -4.35. The Morgan fingerprint density at radius 3 is 1.06 bits per heavy atom. The zero-order valence-corrected chi connectivity index (χ0v) is 44.2. The Morgan fingerprint density at radius 1 is 0.400 bits per heavy atom. The highest BCUT2D eigenvalue weighted by Crippen LogP contribution is 2.52. The summed E-state index contributed by atoms with van der Waals surface area (Å²) in [5, 5.41) is -2.04. The smallest absolute Gasteiger partial charge is 0.441 e. The van der Waals surface area contributed by atoms with E-state index in [2.05, 4.69) is 0 Å². The molecule has 4 atom stereocenters. The van der Waals surface area contributed by atoms with Crippen molar-refractivity contribution in [2.75, 3.05) is 0 Å². The van der Waals surface area contributed by atoms with Crippen LogP contribution >= 0.6 is 23.9 Å². The SMILES string of the molecule is CCC(C)(Oc1c(C)cccc1C)[P+](=O)Oc1ccc(-c2ccc(OP(=O)(Oc3ccc(-c4ccc(O[P+](=O)C(CC)(CC)Oc5c(C)cccc5C)cc4)cc3)Oc3c(C)cccc3C)cc2)cc1. The zero-order chi connectivity index (χ0) is 50.2. The number of rotatable bonds is 21. The fourth-order valence-corrected chi connectivity index (χ4v) is 11.3. The van der Waals surface area contributed by atoms with Gasteiger partial charge in [-0.05, 0) is 155 Å². The van der Waals surface area contributed by atoms with Crippen LogP contribution in [0.4, 0.5) is 0 Å². The van der Waals surface area contributed by atoms with Crippen LogP contribution in [0.1, 0.15) is 80.3 Å². The highest BCUT2D eigenvalue weighted by Gasteiger charge is 2.53. The third-order valence-electron chi connectivity index (χ3n) is 12.4. The molecule has 0 fully saturated rings. The fourth-order valence-electron chi connectivity index (χ4n) is 7.83. The Kier molecular flexibility index (Phi) is 16.2. The van der Waals surface area contributed by atoms with Gasteiger partial charge in [-0.25, -0.2) is 0 Å². The number of ether oxygens (including phenoxy) is 2. The normalized spacial score (nSPS) is 13.5. The van der Waals surface area contributed by atoms with Gasteiger partial charge in [0.25, 0.3) is 0 Å². The fraction of sp³-hybridized carbons (Fsp3) is 0.263. The Hall–Kier alpha value is -6.43. The average Bonchev–Trinajstić information content (AvgIpc) is 3.35. The molecule has 362 valence electrons. The van der Waals surface area contributed by atoms with Gasteiger partial charge < -0.3 is 23.0 Å². The maximum Gasteiger partial charge on any atom is 0.647 e. The van der Waals surface area contributed by atoms with E-state index in [0.717, 1.165) is 61.4 Å². The molecule has 0 radical (unpaired) electrons. The lowest BCUT2D eigenvalue weighted by atomic mass is 10.1. The van der Waals surface area contributed by atoms with E-state index in [9.17, 15) is 13.7 Å². The topological polar surface area (TPSA) is 116 Å². The number of hydrogen-bond donors (Lipinski definition) is 0. The average molecular weight is 999 g/mol. The van der Waals surface area contributed by atoms with Crippen molar-refractivity contribution in [3.8, 4) is 62.5 Å². The van der Waals surface area contributed by atoms with Crippen molar-refractivity contribution < 1.29 is 45.8 Å². The van der Waals surface area contributed by atoms with Gasteiger partial charge in [0.2, 0.25) is 0 Å². The van der Waals surface area contributed by atoms with Gasteiger partial charge in [0.15, 0.2) is 11.5 Å². The summed E-state index contributed by atoms with van der Waals surface area (Å²) in [7, 11) is -8.87. The van der Waals surface area contributed by atoms with Crippen LogP contribution in [0, 0.1) is 41.5 Å². The summed E-state index contributed by atoms with van der Waals surface area (Å²) < 4.78 is 85.4. The van der Waals surface area contributed by atoms with Crippen LogP contribution < -0.4 is 32.1 Å². The first-order valence-corrected chi connectivity index (χ1v) is 27.3. The van der Waals surface area contributed by atoms with E-state index >= 15 is 0 Å². The van der Waals surface area contributed by atoms with E-state index in [0.29, 0.717) is 42.3 Å². The second-order valence-electron chi connectivity index (χ2n) is 17.6. The van der Waals surface area contributed by atoms with Crippen LogP contribution in [-0.4, -0.2) is 10.7 Å². The molecule has 0 aliphatic carbocycles. The highest BCUT2D eigenvalue weighted by molar-refractivity contribution is 7.49. The molecule has 7 aromatic carbocycles. The number of benzene rings is 7. The number of phosphoric acid groups is 1. The summed E-state index contributed by atoms with van der Waals surface area (Å²) in [6, 6.07) is 46.3. The molecule has 7 rings (SSSR count). The maximum atomic E-state index is 14.7. The van der Waals surface area contributed by atoms with Gasteiger partial charge >= 0.3 is 34.6 Å². The first-order chi connectivity index (χ1) is 33.5. The van der Waals surface area contributed by atoms with Crippen molar-refractivity contribution in [2.24, 2.45) is 0 Å². The van der Waals surface area contributed by atoms with Gasteiger partial charge in [-0.2, -0.15) is 4.57 Å². The highest BCUT2D eigenvalue weighted by atomic mass is 31.2. The van der Waals surface area contributed by atoms with E-state index < -0.39 is 34.6 Å². The third-order valence-corrected chi connectivity index (χ3v) is 17.0. The largest absolute Gasteiger partial charge is 0.647 e. The Labute approximate surface area is 414 Å². The quantitative estimate of drug-likeness (QED) is 0.0644. The molecule has 13 heteroatoms. The minimum Gasteiger partial charge on any atom is -0.441 e. The summed E-state index contributed by atoms with van der Waals surface area (Å²) in [6.45, 7) is 19.3. The van der Waals surface area contributed by atoms with Gasteiger partial charge in [0.1, 0.15) is 28.7 Å². The van der Waals surface area contributed by atoms with Crippen molar-refractivity contribution in [2.45, 2.75) is 99.2 Å². The molecule has 0 aliphatic rings. The van der Waals surface area contributed by atoms with E-state index in [1.807, 2.05) is 172 Å². The molecule has 10 nitrogen and oxygen atoms in total. The monoisotopic (exact) mass is 998 g/mol. The summed E-state index contributed by atoms with van der Waals surface area (Å²) in [5.41, 5.74) is 8.88.